The van der Waals surface area contributed by atoms with E-state index in [2.05, 4.69) is 5.48 Å². The fourth-order valence-corrected chi connectivity index (χ4v) is 1.09. The molecule has 1 aromatic rings. The predicted octanol–water partition coefficient (Wildman–Crippen LogP) is 0.592. The van der Waals surface area contributed by atoms with Crippen molar-refractivity contribution in [1.29, 1.82) is 0 Å². The predicted molar refractivity (Wildman–Crippen MR) is 59.6 cm³/mol. The van der Waals surface area contributed by atoms with Crippen LogP contribution in [0, 0.1) is 0 Å². The Morgan fingerprint density at radius 3 is 2.62 bits per heavy atom. The summed E-state index contributed by atoms with van der Waals surface area (Å²) in [7, 11) is 0. The standard InChI is InChI=1S/C11H16N2O3/c1-2-16-13-7-9-3-5-10(6-4-9)15-8-11(12)14/h3-6,13H,2,7-8H2,1H3,(H2,12,14). The fourth-order valence-electron chi connectivity index (χ4n) is 1.09. The van der Waals surface area contributed by atoms with Gasteiger partial charge >= 0.3 is 0 Å². The Labute approximate surface area is 94.5 Å². The van der Waals surface area contributed by atoms with Gasteiger partial charge in [-0.25, -0.2) is 0 Å². The Bertz CT molecular complexity index is 325. The third kappa shape index (κ3) is 4.77. The number of amides is 1. The number of hydrogen-bond acceptors (Lipinski definition) is 4. The molecule has 16 heavy (non-hydrogen) atoms. The molecule has 1 aromatic carbocycles. The summed E-state index contributed by atoms with van der Waals surface area (Å²) in [5, 5.41) is 0. The maximum atomic E-state index is 10.5. The molecule has 5 nitrogen and oxygen atoms in total. The molecule has 0 aliphatic heterocycles. The summed E-state index contributed by atoms with van der Waals surface area (Å²) in [4.78, 5) is 15.5. The Morgan fingerprint density at radius 1 is 1.38 bits per heavy atom. The number of hydroxylamine groups is 1. The molecule has 0 aromatic heterocycles. The molecule has 0 bridgehead atoms. The minimum absolute atomic E-state index is 0.101. The molecule has 0 atom stereocenters. The number of carbonyl (C=O) groups excluding carboxylic acids is 1. The maximum Gasteiger partial charge on any atom is 0.255 e. The zero-order chi connectivity index (χ0) is 11.8. The molecule has 0 radical (unpaired) electrons. The Balaban J connectivity index is 2.38. The van der Waals surface area contributed by atoms with Gasteiger partial charge in [0.25, 0.3) is 5.91 Å². The second kappa shape index (κ2) is 6.81. The van der Waals surface area contributed by atoms with E-state index < -0.39 is 5.91 Å². The van der Waals surface area contributed by atoms with Gasteiger partial charge in [0.15, 0.2) is 6.61 Å². The van der Waals surface area contributed by atoms with E-state index in [9.17, 15) is 4.79 Å². The van der Waals surface area contributed by atoms with Gasteiger partial charge in [0.05, 0.1) is 6.61 Å². The first-order chi connectivity index (χ1) is 7.72. The second-order valence-corrected chi connectivity index (χ2v) is 3.15. The van der Waals surface area contributed by atoms with Crippen LogP contribution in [0.1, 0.15) is 12.5 Å². The van der Waals surface area contributed by atoms with Crippen molar-refractivity contribution in [2.75, 3.05) is 13.2 Å². The average molecular weight is 224 g/mol. The lowest BCUT2D eigenvalue weighted by molar-refractivity contribution is -0.119. The van der Waals surface area contributed by atoms with Gasteiger partial charge in [-0.2, -0.15) is 5.48 Å². The lowest BCUT2D eigenvalue weighted by Gasteiger charge is -2.06. The quantitative estimate of drug-likeness (QED) is 0.525. The highest BCUT2D eigenvalue weighted by Crippen LogP contribution is 2.11. The zero-order valence-electron chi connectivity index (χ0n) is 9.23. The van der Waals surface area contributed by atoms with E-state index in [0.717, 1.165) is 5.56 Å². The van der Waals surface area contributed by atoms with Gasteiger partial charge in [-0.15, -0.1) is 0 Å². The molecule has 5 heteroatoms. The first-order valence-corrected chi connectivity index (χ1v) is 5.07. The molecule has 0 heterocycles. The average Bonchev–Trinajstić information content (AvgIpc) is 2.28. The van der Waals surface area contributed by atoms with Crippen LogP contribution in [0.3, 0.4) is 0 Å². The number of nitrogens with two attached hydrogens (primary N) is 1. The van der Waals surface area contributed by atoms with Crippen LogP contribution in [-0.4, -0.2) is 19.1 Å². The molecule has 0 aliphatic rings. The van der Waals surface area contributed by atoms with Gasteiger partial charge < -0.3 is 15.3 Å². The topological polar surface area (TPSA) is 73.6 Å². The molecule has 0 unspecified atom stereocenters. The van der Waals surface area contributed by atoms with E-state index in [1.165, 1.54) is 0 Å². The Hall–Kier alpha value is -1.59. The van der Waals surface area contributed by atoms with Gasteiger partial charge in [-0.05, 0) is 24.6 Å². The molecule has 0 aliphatic carbocycles. The Kier molecular flexibility index (Phi) is 5.31. The zero-order valence-corrected chi connectivity index (χ0v) is 9.23. The van der Waals surface area contributed by atoms with Crippen LogP contribution in [0.2, 0.25) is 0 Å². The van der Waals surface area contributed by atoms with Crippen molar-refractivity contribution < 1.29 is 14.4 Å². The van der Waals surface area contributed by atoms with E-state index in [1.807, 2.05) is 19.1 Å². The molecule has 3 N–H and O–H groups in total. The number of carbonyl (C=O) groups is 1. The number of benzene rings is 1. The van der Waals surface area contributed by atoms with Crippen molar-refractivity contribution in [2.45, 2.75) is 13.5 Å². The molecule has 0 saturated heterocycles. The van der Waals surface area contributed by atoms with Gasteiger partial charge in [-0.1, -0.05) is 12.1 Å². The molecule has 0 saturated carbocycles. The van der Waals surface area contributed by atoms with Gasteiger partial charge in [-0.3, -0.25) is 4.79 Å². The van der Waals surface area contributed by atoms with Crippen molar-refractivity contribution in [1.82, 2.24) is 5.48 Å². The minimum atomic E-state index is -0.484. The van der Waals surface area contributed by atoms with Crippen LogP contribution in [0.25, 0.3) is 0 Å². The lowest BCUT2D eigenvalue weighted by Crippen LogP contribution is -2.20. The van der Waals surface area contributed by atoms with Crippen molar-refractivity contribution in [3.63, 3.8) is 0 Å². The molecule has 1 rings (SSSR count). The minimum Gasteiger partial charge on any atom is -0.484 e. The van der Waals surface area contributed by atoms with Crippen LogP contribution < -0.4 is 16.0 Å². The highest BCUT2D eigenvalue weighted by Gasteiger charge is 1.98. The summed E-state index contributed by atoms with van der Waals surface area (Å²) in [6, 6.07) is 7.35. The van der Waals surface area contributed by atoms with Gasteiger partial charge in [0.2, 0.25) is 0 Å². The van der Waals surface area contributed by atoms with Crippen LogP contribution in [-0.2, 0) is 16.2 Å². The number of nitrogens with one attached hydrogen (secondary N) is 1. The van der Waals surface area contributed by atoms with Crippen LogP contribution in [0.4, 0.5) is 0 Å². The molecule has 0 spiro atoms. The smallest absolute Gasteiger partial charge is 0.255 e. The van der Waals surface area contributed by atoms with Crippen molar-refractivity contribution in [3.05, 3.63) is 29.8 Å². The van der Waals surface area contributed by atoms with Crippen molar-refractivity contribution in [3.8, 4) is 5.75 Å². The number of primary amides is 1. The molecule has 1 amide bonds. The first kappa shape index (κ1) is 12.5. The summed E-state index contributed by atoms with van der Waals surface area (Å²) in [5.41, 5.74) is 8.84. The molecular weight excluding hydrogens is 208 g/mol. The third-order valence-corrected chi connectivity index (χ3v) is 1.83. The second-order valence-electron chi connectivity index (χ2n) is 3.15. The van der Waals surface area contributed by atoms with Gasteiger partial charge in [0, 0.05) is 6.54 Å². The number of ether oxygens (including phenoxy) is 1. The normalized spacial score (nSPS) is 10.1. The summed E-state index contributed by atoms with van der Waals surface area (Å²) >= 11 is 0. The van der Waals surface area contributed by atoms with Crippen molar-refractivity contribution in [2.24, 2.45) is 5.73 Å². The SMILES string of the molecule is CCONCc1ccc(OCC(N)=O)cc1. The monoisotopic (exact) mass is 224 g/mol. The van der Waals surface area contributed by atoms with Crippen LogP contribution >= 0.6 is 0 Å². The summed E-state index contributed by atoms with van der Waals surface area (Å²) < 4.78 is 5.12. The third-order valence-electron chi connectivity index (χ3n) is 1.83. The summed E-state index contributed by atoms with van der Waals surface area (Å²) in [6.45, 7) is 3.06. The summed E-state index contributed by atoms with van der Waals surface area (Å²) in [5.74, 6) is 0.140. The van der Waals surface area contributed by atoms with E-state index >= 15 is 0 Å². The summed E-state index contributed by atoms with van der Waals surface area (Å²) in [6.07, 6.45) is 0. The maximum absolute atomic E-state index is 10.5. The molecule has 0 fully saturated rings. The number of rotatable bonds is 7. The van der Waals surface area contributed by atoms with Crippen LogP contribution in [0.5, 0.6) is 5.75 Å². The highest BCUT2D eigenvalue weighted by molar-refractivity contribution is 5.75. The fraction of sp³-hybridized carbons (Fsp3) is 0.364. The van der Waals surface area contributed by atoms with E-state index in [4.69, 9.17) is 15.3 Å². The highest BCUT2D eigenvalue weighted by atomic mass is 16.6. The van der Waals surface area contributed by atoms with E-state index in [-0.39, 0.29) is 6.61 Å². The van der Waals surface area contributed by atoms with Crippen LogP contribution in [0.15, 0.2) is 24.3 Å². The largest absolute Gasteiger partial charge is 0.484 e. The van der Waals surface area contributed by atoms with E-state index in [0.29, 0.717) is 18.9 Å². The van der Waals surface area contributed by atoms with Gasteiger partial charge in [0.1, 0.15) is 5.75 Å². The number of hydrogen-bond donors (Lipinski definition) is 2. The Morgan fingerprint density at radius 2 is 2.06 bits per heavy atom. The van der Waals surface area contributed by atoms with E-state index in [1.54, 1.807) is 12.1 Å². The molecular formula is C11H16N2O3. The molecule has 88 valence electrons. The lowest BCUT2D eigenvalue weighted by atomic mass is 10.2. The first-order valence-electron chi connectivity index (χ1n) is 5.07. The van der Waals surface area contributed by atoms with Crippen molar-refractivity contribution >= 4 is 5.91 Å².